The number of rotatable bonds is 7. The van der Waals surface area contributed by atoms with E-state index in [1.54, 1.807) is 31.2 Å². The van der Waals surface area contributed by atoms with Crippen LogP contribution in [0, 0.1) is 0 Å². The van der Waals surface area contributed by atoms with Crippen molar-refractivity contribution in [3.05, 3.63) is 84.3 Å². The second kappa shape index (κ2) is 7.55. The van der Waals surface area contributed by atoms with E-state index >= 15 is 0 Å². The molecule has 0 aliphatic heterocycles. The van der Waals surface area contributed by atoms with E-state index in [0.717, 1.165) is 5.56 Å². The standard InChI is InChI=1S/C19H19NO4S/c1-15(19-8-5-13-23-19)20-25(21,22)18-11-9-17(10-12-18)24-14-16-6-3-2-4-7-16/h2-13,15,20H,14H2,1H3. The van der Waals surface area contributed by atoms with Crippen LogP contribution in [0.2, 0.25) is 0 Å². The van der Waals surface area contributed by atoms with Gasteiger partial charge in [0.25, 0.3) is 0 Å². The fourth-order valence-corrected chi connectivity index (χ4v) is 3.56. The van der Waals surface area contributed by atoms with Gasteiger partial charge in [0.05, 0.1) is 17.2 Å². The first-order valence-corrected chi connectivity index (χ1v) is 9.35. The molecule has 3 aromatic rings. The van der Waals surface area contributed by atoms with Crippen LogP contribution in [-0.4, -0.2) is 8.42 Å². The highest BCUT2D eigenvalue weighted by Crippen LogP contribution is 2.20. The number of hydrogen-bond donors (Lipinski definition) is 1. The Balaban J connectivity index is 1.64. The third-order valence-corrected chi connectivity index (χ3v) is 5.24. The molecule has 0 radical (unpaired) electrons. The zero-order chi connectivity index (χ0) is 17.7. The molecule has 6 heteroatoms. The fraction of sp³-hybridized carbons (Fsp3) is 0.158. The molecule has 2 aromatic carbocycles. The third-order valence-electron chi connectivity index (χ3n) is 3.68. The van der Waals surface area contributed by atoms with Crippen molar-refractivity contribution in [2.45, 2.75) is 24.5 Å². The molecule has 1 N–H and O–H groups in total. The number of furan rings is 1. The minimum atomic E-state index is -3.63. The molecule has 5 nitrogen and oxygen atoms in total. The molecule has 1 unspecified atom stereocenters. The largest absolute Gasteiger partial charge is 0.489 e. The van der Waals surface area contributed by atoms with Crippen molar-refractivity contribution in [2.75, 3.05) is 0 Å². The van der Waals surface area contributed by atoms with Crippen LogP contribution in [0.25, 0.3) is 0 Å². The van der Waals surface area contributed by atoms with Crippen molar-refractivity contribution in [1.82, 2.24) is 4.72 Å². The number of nitrogens with one attached hydrogen (secondary N) is 1. The Labute approximate surface area is 147 Å². The summed E-state index contributed by atoms with van der Waals surface area (Å²) >= 11 is 0. The summed E-state index contributed by atoms with van der Waals surface area (Å²) in [6.07, 6.45) is 1.51. The summed E-state index contributed by atoms with van der Waals surface area (Å²) in [6, 6.07) is 19.1. The molecular weight excluding hydrogens is 338 g/mol. The molecule has 1 heterocycles. The van der Waals surface area contributed by atoms with Crippen LogP contribution in [0.15, 0.2) is 82.3 Å². The highest BCUT2D eigenvalue weighted by molar-refractivity contribution is 7.89. The molecule has 1 aromatic heterocycles. The van der Waals surface area contributed by atoms with Gasteiger partial charge in [-0.25, -0.2) is 13.1 Å². The van der Waals surface area contributed by atoms with E-state index in [2.05, 4.69) is 4.72 Å². The van der Waals surface area contributed by atoms with E-state index in [-0.39, 0.29) is 4.90 Å². The van der Waals surface area contributed by atoms with Crippen LogP contribution in [0.5, 0.6) is 5.75 Å². The quantitative estimate of drug-likeness (QED) is 0.696. The molecular formula is C19H19NO4S. The molecule has 0 aliphatic carbocycles. The Morgan fingerprint density at radius 2 is 1.72 bits per heavy atom. The molecule has 0 saturated heterocycles. The molecule has 0 saturated carbocycles. The molecule has 0 aliphatic rings. The van der Waals surface area contributed by atoms with Gasteiger partial charge in [0.1, 0.15) is 18.1 Å². The summed E-state index contributed by atoms with van der Waals surface area (Å²) in [5.74, 6) is 1.17. The Bertz CT molecular complexity index is 888. The number of sulfonamides is 1. The second-order valence-corrected chi connectivity index (χ2v) is 7.32. The van der Waals surface area contributed by atoms with Crippen LogP contribution in [0.1, 0.15) is 24.3 Å². The maximum Gasteiger partial charge on any atom is 0.241 e. The van der Waals surface area contributed by atoms with Gasteiger partial charge in [0, 0.05) is 0 Å². The van der Waals surface area contributed by atoms with E-state index in [0.29, 0.717) is 18.1 Å². The smallest absolute Gasteiger partial charge is 0.241 e. The number of hydrogen-bond acceptors (Lipinski definition) is 4. The highest BCUT2D eigenvalue weighted by Gasteiger charge is 2.19. The molecule has 0 bridgehead atoms. The topological polar surface area (TPSA) is 68.5 Å². The van der Waals surface area contributed by atoms with Gasteiger partial charge in [-0.2, -0.15) is 0 Å². The van der Waals surface area contributed by atoms with Crippen LogP contribution >= 0.6 is 0 Å². The molecule has 1 atom stereocenters. The fourth-order valence-electron chi connectivity index (χ4n) is 2.35. The minimum absolute atomic E-state index is 0.179. The Kier molecular flexibility index (Phi) is 5.21. The first-order valence-electron chi connectivity index (χ1n) is 7.87. The summed E-state index contributed by atoms with van der Waals surface area (Å²) in [4.78, 5) is 0.179. The van der Waals surface area contributed by atoms with E-state index in [1.165, 1.54) is 18.4 Å². The first-order chi connectivity index (χ1) is 12.0. The average Bonchev–Trinajstić information content (AvgIpc) is 3.16. The SMILES string of the molecule is CC(NS(=O)(=O)c1ccc(OCc2ccccc2)cc1)c1ccco1. The van der Waals surface area contributed by atoms with Gasteiger partial charge < -0.3 is 9.15 Å². The summed E-state index contributed by atoms with van der Waals surface area (Å²) in [6.45, 7) is 2.16. The van der Waals surface area contributed by atoms with E-state index in [9.17, 15) is 8.42 Å². The predicted molar refractivity (Wildman–Crippen MR) is 94.7 cm³/mol. The van der Waals surface area contributed by atoms with E-state index in [1.807, 2.05) is 30.3 Å². The average molecular weight is 357 g/mol. The zero-order valence-electron chi connectivity index (χ0n) is 13.8. The first kappa shape index (κ1) is 17.3. The Morgan fingerprint density at radius 1 is 1.00 bits per heavy atom. The van der Waals surface area contributed by atoms with Crippen molar-refractivity contribution in [3.63, 3.8) is 0 Å². The monoisotopic (exact) mass is 357 g/mol. The molecule has 3 rings (SSSR count). The Hall–Kier alpha value is -2.57. The zero-order valence-corrected chi connectivity index (χ0v) is 14.6. The van der Waals surface area contributed by atoms with Gasteiger partial charge in [-0.3, -0.25) is 0 Å². The third kappa shape index (κ3) is 4.49. The molecule has 0 spiro atoms. The van der Waals surface area contributed by atoms with Gasteiger partial charge in [-0.1, -0.05) is 30.3 Å². The van der Waals surface area contributed by atoms with Crippen LogP contribution in [-0.2, 0) is 16.6 Å². The van der Waals surface area contributed by atoms with Crippen molar-refractivity contribution >= 4 is 10.0 Å². The lowest BCUT2D eigenvalue weighted by molar-refractivity contribution is 0.306. The molecule has 25 heavy (non-hydrogen) atoms. The minimum Gasteiger partial charge on any atom is -0.489 e. The maximum absolute atomic E-state index is 12.4. The van der Waals surface area contributed by atoms with Crippen molar-refractivity contribution in [3.8, 4) is 5.75 Å². The predicted octanol–water partition coefficient (Wildman–Crippen LogP) is 3.90. The van der Waals surface area contributed by atoms with Crippen molar-refractivity contribution in [2.24, 2.45) is 0 Å². The number of benzene rings is 2. The summed E-state index contributed by atoms with van der Waals surface area (Å²) in [5, 5.41) is 0. The molecule has 130 valence electrons. The maximum atomic E-state index is 12.4. The summed E-state index contributed by atoms with van der Waals surface area (Å²) in [7, 11) is -3.63. The van der Waals surface area contributed by atoms with Gasteiger partial charge in [-0.15, -0.1) is 0 Å². The van der Waals surface area contributed by atoms with Gasteiger partial charge in [0.2, 0.25) is 10.0 Å². The second-order valence-electron chi connectivity index (χ2n) is 5.60. The lowest BCUT2D eigenvalue weighted by Crippen LogP contribution is -2.26. The highest BCUT2D eigenvalue weighted by atomic mass is 32.2. The normalized spacial score (nSPS) is 12.7. The van der Waals surface area contributed by atoms with Crippen LogP contribution in [0.4, 0.5) is 0 Å². The lowest BCUT2D eigenvalue weighted by Gasteiger charge is -2.12. The van der Waals surface area contributed by atoms with Crippen molar-refractivity contribution < 1.29 is 17.6 Å². The molecule has 0 fully saturated rings. The van der Waals surface area contributed by atoms with Crippen molar-refractivity contribution in [1.29, 1.82) is 0 Å². The summed E-state index contributed by atoms with van der Waals surface area (Å²) < 4.78 is 38.4. The van der Waals surface area contributed by atoms with Gasteiger partial charge in [-0.05, 0) is 48.9 Å². The van der Waals surface area contributed by atoms with E-state index in [4.69, 9.17) is 9.15 Å². The van der Waals surface area contributed by atoms with Crippen LogP contribution < -0.4 is 9.46 Å². The Morgan fingerprint density at radius 3 is 2.36 bits per heavy atom. The summed E-state index contributed by atoms with van der Waals surface area (Å²) in [5.41, 5.74) is 1.05. The van der Waals surface area contributed by atoms with E-state index < -0.39 is 16.1 Å². The lowest BCUT2D eigenvalue weighted by atomic mass is 10.2. The number of ether oxygens (including phenoxy) is 1. The van der Waals surface area contributed by atoms with Crippen LogP contribution in [0.3, 0.4) is 0 Å². The van der Waals surface area contributed by atoms with Gasteiger partial charge in [0.15, 0.2) is 0 Å². The van der Waals surface area contributed by atoms with Gasteiger partial charge >= 0.3 is 0 Å². The molecule has 0 amide bonds.